The third-order valence-corrected chi connectivity index (χ3v) is 3.31. The molecule has 4 nitrogen and oxygen atoms in total. The smallest absolute Gasteiger partial charge is 0.231 e. The van der Waals surface area contributed by atoms with E-state index in [2.05, 4.69) is 4.98 Å². The molecule has 0 fully saturated rings. The number of benzene rings is 1. The summed E-state index contributed by atoms with van der Waals surface area (Å²) in [4.78, 5) is 4.04. The van der Waals surface area contributed by atoms with Crippen molar-refractivity contribution in [2.45, 2.75) is 6.92 Å². The molecule has 5 heteroatoms. The molecular weight excluding hydrogens is 226 g/mol. The number of hydrogen-bond acceptors (Lipinski definition) is 5. The van der Waals surface area contributed by atoms with Gasteiger partial charge in [-0.15, -0.1) is 11.3 Å². The van der Waals surface area contributed by atoms with E-state index in [-0.39, 0.29) is 12.7 Å². The maximum atomic E-state index is 9.24. The molecule has 1 N–H and O–H groups in total. The van der Waals surface area contributed by atoms with Crippen molar-refractivity contribution in [2.75, 3.05) is 6.79 Å². The van der Waals surface area contributed by atoms with Crippen LogP contribution in [0.5, 0.6) is 17.4 Å². The number of ether oxygens (including phenoxy) is 2. The summed E-state index contributed by atoms with van der Waals surface area (Å²) >= 11 is 1.40. The maximum absolute atomic E-state index is 9.24. The number of rotatable bonds is 1. The van der Waals surface area contributed by atoms with Gasteiger partial charge in [-0.3, -0.25) is 0 Å². The van der Waals surface area contributed by atoms with E-state index in [4.69, 9.17) is 9.47 Å². The molecule has 0 spiro atoms. The second-order valence-electron chi connectivity index (χ2n) is 3.53. The minimum Gasteiger partial charge on any atom is -0.493 e. The Morgan fingerprint density at radius 1 is 1.31 bits per heavy atom. The van der Waals surface area contributed by atoms with Crippen molar-refractivity contribution >= 4 is 11.3 Å². The first-order valence-electron chi connectivity index (χ1n) is 4.79. The Labute approximate surface area is 96.1 Å². The average molecular weight is 235 g/mol. The summed E-state index contributed by atoms with van der Waals surface area (Å²) in [6.45, 7) is 2.25. The van der Waals surface area contributed by atoms with E-state index in [1.54, 1.807) is 5.38 Å². The summed E-state index contributed by atoms with van der Waals surface area (Å²) in [7, 11) is 0. The lowest BCUT2D eigenvalue weighted by Gasteiger charge is -2.04. The van der Waals surface area contributed by atoms with E-state index in [1.165, 1.54) is 11.3 Å². The van der Waals surface area contributed by atoms with Crippen molar-refractivity contribution in [3.8, 4) is 28.0 Å². The van der Waals surface area contributed by atoms with Crippen LogP contribution in [-0.2, 0) is 0 Å². The van der Waals surface area contributed by atoms with Crippen LogP contribution in [0.15, 0.2) is 17.5 Å². The number of nitrogens with zero attached hydrogens (tertiary/aromatic N) is 1. The number of thiazole rings is 1. The van der Waals surface area contributed by atoms with Crippen molar-refractivity contribution in [2.24, 2.45) is 0 Å². The van der Waals surface area contributed by atoms with Crippen molar-refractivity contribution < 1.29 is 14.6 Å². The zero-order valence-electron chi connectivity index (χ0n) is 8.56. The van der Waals surface area contributed by atoms with E-state index in [0.29, 0.717) is 0 Å². The molecule has 0 atom stereocenters. The van der Waals surface area contributed by atoms with Gasteiger partial charge in [0.15, 0.2) is 11.5 Å². The van der Waals surface area contributed by atoms with Crippen LogP contribution in [0.4, 0.5) is 0 Å². The largest absolute Gasteiger partial charge is 0.493 e. The van der Waals surface area contributed by atoms with E-state index in [1.807, 2.05) is 19.1 Å². The number of hydrogen-bond donors (Lipinski definition) is 1. The SMILES string of the molecule is Cc1cc2c(cc1-c1nc(O)cs1)OCO2. The highest BCUT2D eigenvalue weighted by molar-refractivity contribution is 7.13. The van der Waals surface area contributed by atoms with Crippen LogP contribution in [0.1, 0.15) is 5.56 Å². The summed E-state index contributed by atoms with van der Waals surface area (Å²) in [5.41, 5.74) is 2.02. The van der Waals surface area contributed by atoms with Crippen LogP contribution in [-0.4, -0.2) is 16.9 Å². The molecule has 0 bridgehead atoms. The number of aromatic nitrogens is 1. The normalized spacial score (nSPS) is 13.1. The quantitative estimate of drug-likeness (QED) is 0.825. The highest BCUT2D eigenvalue weighted by Crippen LogP contribution is 2.39. The monoisotopic (exact) mass is 235 g/mol. The summed E-state index contributed by atoms with van der Waals surface area (Å²) < 4.78 is 10.6. The summed E-state index contributed by atoms with van der Waals surface area (Å²) in [5, 5.41) is 11.6. The Morgan fingerprint density at radius 2 is 2.06 bits per heavy atom. The Kier molecular flexibility index (Phi) is 2.00. The molecular formula is C11H9NO3S. The van der Waals surface area contributed by atoms with Crippen LogP contribution in [0, 0.1) is 6.92 Å². The number of aromatic hydroxyl groups is 1. The lowest BCUT2D eigenvalue weighted by molar-refractivity contribution is 0.174. The lowest BCUT2D eigenvalue weighted by Crippen LogP contribution is -1.92. The molecule has 1 aliphatic heterocycles. The first kappa shape index (κ1) is 9.47. The van der Waals surface area contributed by atoms with Gasteiger partial charge in [0, 0.05) is 5.56 Å². The first-order chi connectivity index (χ1) is 7.74. The van der Waals surface area contributed by atoms with Crippen LogP contribution in [0.3, 0.4) is 0 Å². The van der Waals surface area contributed by atoms with Crippen molar-refractivity contribution in [1.82, 2.24) is 4.98 Å². The maximum Gasteiger partial charge on any atom is 0.231 e. The average Bonchev–Trinajstić information content (AvgIpc) is 2.84. The standard InChI is InChI=1S/C11H9NO3S/c1-6-2-8-9(15-5-14-8)3-7(6)11-12-10(13)4-16-11/h2-4,13H,5H2,1H3. The number of aryl methyl sites for hydroxylation is 1. The predicted octanol–water partition coefficient (Wildman–Crippen LogP) is 2.55. The van der Waals surface area contributed by atoms with Crippen molar-refractivity contribution in [3.05, 3.63) is 23.1 Å². The summed E-state index contributed by atoms with van der Waals surface area (Å²) in [6, 6.07) is 3.83. The molecule has 16 heavy (non-hydrogen) atoms. The van der Waals surface area contributed by atoms with Crippen LogP contribution >= 0.6 is 11.3 Å². The molecule has 0 saturated heterocycles. The first-order valence-corrected chi connectivity index (χ1v) is 5.67. The van der Waals surface area contributed by atoms with E-state index in [9.17, 15) is 5.11 Å². The van der Waals surface area contributed by atoms with E-state index in [0.717, 1.165) is 27.6 Å². The molecule has 1 aromatic carbocycles. The molecule has 82 valence electrons. The third kappa shape index (κ3) is 1.40. The summed E-state index contributed by atoms with van der Waals surface area (Å²) in [5.74, 6) is 1.55. The molecule has 0 aliphatic carbocycles. The third-order valence-electron chi connectivity index (χ3n) is 2.44. The molecule has 3 rings (SSSR count). The predicted molar refractivity (Wildman–Crippen MR) is 60.1 cm³/mol. The van der Waals surface area contributed by atoms with E-state index < -0.39 is 0 Å². The van der Waals surface area contributed by atoms with Gasteiger partial charge in [-0.25, -0.2) is 4.98 Å². The molecule has 0 unspecified atom stereocenters. The highest BCUT2D eigenvalue weighted by atomic mass is 32.1. The lowest BCUT2D eigenvalue weighted by atomic mass is 10.1. The van der Waals surface area contributed by atoms with Gasteiger partial charge in [0.1, 0.15) is 5.01 Å². The zero-order chi connectivity index (χ0) is 11.1. The Morgan fingerprint density at radius 3 is 2.75 bits per heavy atom. The van der Waals surface area contributed by atoms with Gasteiger partial charge in [0.2, 0.25) is 12.7 Å². The van der Waals surface area contributed by atoms with Crippen LogP contribution in [0.2, 0.25) is 0 Å². The van der Waals surface area contributed by atoms with Crippen molar-refractivity contribution in [3.63, 3.8) is 0 Å². The second kappa shape index (κ2) is 3.38. The van der Waals surface area contributed by atoms with Crippen molar-refractivity contribution in [1.29, 1.82) is 0 Å². The molecule has 1 aromatic heterocycles. The molecule has 0 amide bonds. The summed E-state index contributed by atoms with van der Waals surface area (Å²) in [6.07, 6.45) is 0. The van der Waals surface area contributed by atoms with Crippen LogP contribution in [0.25, 0.3) is 10.6 Å². The highest BCUT2D eigenvalue weighted by Gasteiger charge is 2.17. The molecule has 1 aliphatic rings. The fourth-order valence-electron chi connectivity index (χ4n) is 1.66. The van der Waals surface area contributed by atoms with E-state index >= 15 is 0 Å². The van der Waals surface area contributed by atoms with Gasteiger partial charge < -0.3 is 14.6 Å². The van der Waals surface area contributed by atoms with Crippen LogP contribution < -0.4 is 9.47 Å². The Balaban J connectivity index is 2.14. The Hall–Kier alpha value is -1.75. The van der Waals surface area contributed by atoms with Gasteiger partial charge in [0.05, 0.1) is 5.38 Å². The van der Waals surface area contributed by atoms with Gasteiger partial charge in [0.25, 0.3) is 0 Å². The molecule has 0 radical (unpaired) electrons. The topological polar surface area (TPSA) is 51.6 Å². The molecule has 2 heterocycles. The fraction of sp³-hybridized carbons (Fsp3) is 0.182. The van der Waals surface area contributed by atoms with Gasteiger partial charge in [-0.1, -0.05) is 0 Å². The minimum atomic E-state index is 0.0528. The minimum absolute atomic E-state index is 0.0528. The molecule has 2 aromatic rings. The second-order valence-corrected chi connectivity index (χ2v) is 4.39. The number of fused-ring (bicyclic) bond motifs is 1. The van der Waals surface area contributed by atoms with Gasteiger partial charge in [-0.05, 0) is 24.6 Å². The van der Waals surface area contributed by atoms with Gasteiger partial charge in [-0.2, -0.15) is 0 Å². The fourth-order valence-corrected chi connectivity index (χ4v) is 2.43. The Bertz CT molecular complexity index is 550. The zero-order valence-corrected chi connectivity index (χ0v) is 9.37. The van der Waals surface area contributed by atoms with Gasteiger partial charge >= 0.3 is 0 Å². The molecule has 0 saturated carbocycles.